The third-order valence-electron chi connectivity index (χ3n) is 5.02. The molecular formula is C17H26Cl2N2. The molecule has 0 spiro atoms. The van der Waals surface area contributed by atoms with Gasteiger partial charge in [0.15, 0.2) is 0 Å². The molecule has 1 fully saturated rings. The lowest BCUT2D eigenvalue weighted by atomic mass is 9.83. The van der Waals surface area contributed by atoms with E-state index in [1.54, 1.807) is 0 Å². The van der Waals surface area contributed by atoms with Crippen LogP contribution in [-0.4, -0.2) is 24.5 Å². The fourth-order valence-corrected chi connectivity index (χ4v) is 4.18. The minimum atomic E-state index is 0.0920. The topological polar surface area (TPSA) is 29.3 Å². The minimum absolute atomic E-state index is 0.0920. The van der Waals surface area contributed by atoms with Crippen LogP contribution in [0.1, 0.15) is 50.6 Å². The van der Waals surface area contributed by atoms with Crippen molar-refractivity contribution >= 4 is 23.2 Å². The summed E-state index contributed by atoms with van der Waals surface area (Å²) < 4.78 is 0. The minimum Gasteiger partial charge on any atom is -0.329 e. The maximum Gasteiger partial charge on any atom is 0.0499 e. The Morgan fingerprint density at radius 2 is 1.76 bits per heavy atom. The lowest BCUT2D eigenvalue weighted by Gasteiger charge is -2.39. The number of hydrogen-bond acceptors (Lipinski definition) is 2. The van der Waals surface area contributed by atoms with Crippen LogP contribution in [0.2, 0.25) is 10.0 Å². The summed E-state index contributed by atoms with van der Waals surface area (Å²) in [6.45, 7) is 2.83. The fraction of sp³-hybridized carbons (Fsp3) is 0.647. The smallest absolute Gasteiger partial charge is 0.0499 e. The highest BCUT2D eigenvalue weighted by Crippen LogP contribution is 2.37. The quantitative estimate of drug-likeness (QED) is 0.833. The number of hydrogen-bond donors (Lipinski definition) is 1. The van der Waals surface area contributed by atoms with Crippen LogP contribution in [-0.2, 0) is 0 Å². The summed E-state index contributed by atoms with van der Waals surface area (Å²) in [5, 5.41) is 1.43. The first-order valence-electron chi connectivity index (χ1n) is 7.94. The molecule has 21 heavy (non-hydrogen) atoms. The van der Waals surface area contributed by atoms with E-state index in [-0.39, 0.29) is 6.04 Å². The van der Waals surface area contributed by atoms with Gasteiger partial charge in [-0.15, -0.1) is 0 Å². The van der Waals surface area contributed by atoms with Crippen LogP contribution < -0.4 is 5.73 Å². The predicted molar refractivity (Wildman–Crippen MR) is 92.1 cm³/mol. The molecule has 2 nitrogen and oxygen atoms in total. The molecule has 1 aliphatic rings. The zero-order valence-corrected chi connectivity index (χ0v) is 14.5. The molecule has 2 rings (SSSR count). The summed E-state index contributed by atoms with van der Waals surface area (Å²) >= 11 is 12.7. The predicted octanol–water partition coefficient (Wildman–Crippen LogP) is 4.89. The molecule has 1 saturated carbocycles. The van der Waals surface area contributed by atoms with E-state index >= 15 is 0 Å². The van der Waals surface area contributed by atoms with Gasteiger partial charge in [-0.25, -0.2) is 0 Å². The van der Waals surface area contributed by atoms with Crippen molar-refractivity contribution in [3.8, 4) is 0 Å². The van der Waals surface area contributed by atoms with Gasteiger partial charge in [0.05, 0.1) is 0 Å². The monoisotopic (exact) mass is 328 g/mol. The second-order valence-electron chi connectivity index (χ2n) is 6.14. The van der Waals surface area contributed by atoms with Gasteiger partial charge in [-0.1, -0.05) is 42.6 Å². The highest BCUT2D eigenvalue weighted by Gasteiger charge is 2.29. The third kappa shape index (κ3) is 3.92. The van der Waals surface area contributed by atoms with E-state index in [1.807, 2.05) is 18.2 Å². The number of likely N-dealkylation sites (N-methyl/N-ethyl adjacent to an activating group) is 1. The van der Waals surface area contributed by atoms with Crippen LogP contribution in [0.3, 0.4) is 0 Å². The first-order valence-corrected chi connectivity index (χ1v) is 8.70. The number of halogens is 2. The van der Waals surface area contributed by atoms with Crippen LogP contribution in [0.4, 0.5) is 0 Å². The molecular weight excluding hydrogens is 303 g/mol. The standard InChI is InChI=1S/C17H26Cl2N2/c1-3-12-7-9-13(10-8-12)21(2)16(11-20)17-14(18)5-4-6-15(17)19/h4-6,12-13,16H,3,7-11,20H2,1-2H3. The maximum atomic E-state index is 6.36. The van der Waals surface area contributed by atoms with Crippen molar-refractivity contribution in [1.29, 1.82) is 0 Å². The van der Waals surface area contributed by atoms with Crippen molar-refractivity contribution in [2.45, 2.75) is 51.1 Å². The highest BCUT2D eigenvalue weighted by molar-refractivity contribution is 6.36. The van der Waals surface area contributed by atoms with Crippen molar-refractivity contribution in [3.63, 3.8) is 0 Å². The van der Waals surface area contributed by atoms with Gasteiger partial charge in [-0.3, -0.25) is 4.90 Å². The molecule has 118 valence electrons. The lowest BCUT2D eigenvalue weighted by Crippen LogP contribution is -2.40. The second kappa shape index (κ2) is 7.82. The van der Waals surface area contributed by atoms with Crippen molar-refractivity contribution in [1.82, 2.24) is 4.90 Å². The molecule has 0 aliphatic heterocycles. The third-order valence-corrected chi connectivity index (χ3v) is 5.68. The molecule has 0 bridgehead atoms. The SMILES string of the molecule is CCC1CCC(N(C)C(CN)c2c(Cl)cccc2Cl)CC1. The molecule has 2 N–H and O–H groups in total. The van der Waals surface area contributed by atoms with Crippen LogP contribution in [0.15, 0.2) is 18.2 Å². The van der Waals surface area contributed by atoms with Crippen molar-refractivity contribution in [2.24, 2.45) is 11.7 Å². The summed E-state index contributed by atoms with van der Waals surface area (Å²) in [5.41, 5.74) is 7.02. The van der Waals surface area contributed by atoms with E-state index in [1.165, 1.54) is 32.1 Å². The van der Waals surface area contributed by atoms with Gasteiger partial charge in [-0.05, 0) is 50.8 Å². The first kappa shape index (κ1) is 17.1. The van der Waals surface area contributed by atoms with Crippen molar-refractivity contribution < 1.29 is 0 Å². The number of nitrogens with zero attached hydrogens (tertiary/aromatic N) is 1. The molecule has 4 heteroatoms. The van der Waals surface area contributed by atoms with Crippen molar-refractivity contribution in [2.75, 3.05) is 13.6 Å². The lowest BCUT2D eigenvalue weighted by molar-refractivity contribution is 0.122. The Kier molecular flexibility index (Phi) is 6.36. The van der Waals surface area contributed by atoms with Gasteiger partial charge in [0.2, 0.25) is 0 Å². The van der Waals surface area contributed by atoms with E-state index < -0.39 is 0 Å². The molecule has 0 aromatic heterocycles. The van der Waals surface area contributed by atoms with Gasteiger partial charge >= 0.3 is 0 Å². The Balaban J connectivity index is 2.14. The van der Waals surface area contributed by atoms with E-state index in [4.69, 9.17) is 28.9 Å². The molecule has 0 amide bonds. The van der Waals surface area contributed by atoms with Crippen LogP contribution in [0, 0.1) is 5.92 Å². The zero-order valence-electron chi connectivity index (χ0n) is 13.0. The van der Waals surface area contributed by atoms with Gasteiger partial charge in [0.25, 0.3) is 0 Å². The number of nitrogens with two attached hydrogens (primary N) is 1. The van der Waals surface area contributed by atoms with E-state index in [0.29, 0.717) is 22.6 Å². The summed E-state index contributed by atoms with van der Waals surface area (Å²) in [4.78, 5) is 2.39. The van der Waals surface area contributed by atoms with Gasteiger partial charge in [0.1, 0.15) is 0 Å². The average molecular weight is 329 g/mol. The Hall–Kier alpha value is -0.280. The number of rotatable bonds is 5. The zero-order chi connectivity index (χ0) is 15.4. The summed E-state index contributed by atoms with van der Waals surface area (Å²) in [5.74, 6) is 0.898. The summed E-state index contributed by atoms with van der Waals surface area (Å²) in [7, 11) is 2.16. The highest BCUT2D eigenvalue weighted by atomic mass is 35.5. The van der Waals surface area contributed by atoms with Gasteiger partial charge in [-0.2, -0.15) is 0 Å². The molecule has 1 aromatic carbocycles. The van der Waals surface area contributed by atoms with Crippen LogP contribution in [0.5, 0.6) is 0 Å². The van der Waals surface area contributed by atoms with Gasteiger partial charge < -0.3 is 5.73 Å². The molecule has 1 aromatic rings. The largest absolute Gasteiger partial charge is 0.329 e. The Morgan fingerprint density at radius 3 is 2.24 bits per heavy atom. The maximum absolute atomic E-state index is 6.36. The fourth-order valence-electron chi connectivity index (χ4n) is 3.53. The van der Waals surface area contributed by atoms with Crippen molar-refractivity contribution in [3.05, 3.63) is 33.8 Å². The molecule has 0 radical (unpaired) electrons. The normalized spacial score (nSPS) is 24.3. The van der Waals surface area contributed by atoms with E-state index in [0.717, 1.165) is 11.5 Å². The molecule has 0 saturated heterocycles. The Bertz CT molecular complexity index is 436. The van der Waals surface area contributed by atoms with Gasteiger partial charge in [0, 0.05) is 34.2 Å². The summed E-state index contributed by atoms with van der Waals surface area (Å²) in [6.07, 6.45) is 6.42. The van der Waals surface area contributed by atoms with E-state index in [2.05, 4.69) is 18.9 Å². The molecule has 1 unspecified atom stereocenters. The van der Waals surface area contributed by atoms with Crippen LogP contribution in [0.25, 0.3) is 0 Å². The van der Waals surface area contributed by atoms with E-state index in [9.17, 15) is 0 Å². The molecule has 0 heterocycles. The Labute approximate surface area is 138 Å². The summed E-state index contributed by atoms with van der Waals surface area (Å²) in [6, 6.07) is 6.34. The second-order valence-corrected chi connectivity index (χ2v) is 6.95. The Morgan fingerprint density at radius 1 is 1.19 bits per heavy atom. The average Bonchev–Trinajstić information content (AvgIpc) is 2.50. The first-order chi connectivity index (χ1) is 10.1. The molecule has 1 atom stereocenters. The molecule has 1 aliphatic carbocycles. The number of benzene rings is 1. The van der Waals surface area contributed by atoms with Crippen LogP contribution >= 0.6 is 23.2 Å².